The number of carbonyl (C=O) groups excluding carboxylic acids is 2. The van der Waals surface area contributed by atoms with Gasteiger partial charge < -0.3 is 15.0 Å². The largest absolute Gasteiger partial charge is 0.439 e. The number of nitrogens with zero attached hydrogens (tertiary/aromatic N) is 2. The van der Waals surface area contributed by atoms with Crippen LogP contribution < -0.4 is 10.1 Å². The van der Waals surface area contributed by atoms with E-state index in [1.807, 2.05) is 6.07 Å². The van der Waals surface area contributed by atoms with Crippen LogP contribution in [-0.4, -0.2) is 39.4 Å². The Balaban J connectivity index is 1.42. The van der Waals surface area contributed by atoms with E-state index in [1.54, 1.807) is 71.4 Å². The van der Waals surface area contributed by atoms with Crippen LogP contribution in [0.1, 0.15) is 15.9 Å². The minimum atomic E-state index is -0.554. The second-order valence-corrected chi connectivity index (χ2v) is 7.90. The maximum Gasteiger partial charge on any atom is 0.255 e. The number of pyridine rings is 1. The van der Waals surface area contributed by atoms with Crippen LogP contribution >= 0.6 is 11.8 Å². The van der Waals surface area contributed by atoms with E-state index in [4.69, 9.17) is 4.74 Å². The number of nitrogens with one attached hydrogen (secondary N) is 1. The van der Waals surface area contributed by atoms with E-state index in [0.717, 1.165) is 0 Å². The molecule has 1 aromatic heterocycles. The molecule has 6 nitrogen and oxygen atoms in total. The predicted octanol–water partition coefficient (Wildman–Crippen LogP) is 3.84. The predicted molar refractivity (Wildman–Crippen MR) is 116 cm³/mol. The second kappa shape index (κ2) is 9.61. The lowest BCUT2D eigenvalue weighted by molar-refractivity contribution is -0.124. The minimum absolute atomic E-state index is 0.165. The number of ether oxygens (including phenoxy) is 1. The quantitative estimate of drug-likeness (QED) is 0.634. The molecule has 4 rings (SSSR count). The molecule has 0 aliphatic carbocycles. The first-order valence-corrected chi connectivity index (χ1v) is 10.9. The van der Waals surface area contributed by atoms with Gasteiger partial charge in [-0.1, -0.05) is 30.3 Å². The smallest absolute Gasteiger partial charge is 0.255 e. The van der Waals surface area contributed by atoms with Gasteiger partial charge in [-0.05, 0) is 30.3 Å². The highest BCUT2D eigenvalue weighted by atomic mass is 32.2. The van der Waals surface area contributed by atoms with E-state index < -0.39 is 11.9 Å². The van der Waals surface area contributed by atoms with Crippen molar-refractivity contribution in [2.75, 3.05) is 11.6 Å². The fourth-order valence-electron chi connectivity index (χ4n) is 3.20. The molecule has 2 aromatic carbocycles. The molecule has 0 radical (unpaired) electrons. The molecule has 0 unspecified atom stereocenters. The first kappa shape index (κ1) is 20.9. The lowest BCUT2D eigenvalue weighted by atomic mass is 10.1. The molecule has 2 heterocycles. The van der Waals surface area contributed by atoms with E-state index in [2.05, 4.69) is 10.3 Å². The van der Waals surface area contributed by atoms with E-state index >= 15 is 0 Å². The van der Waals surface area contributed by atoms with Crippen molar-refractivity contribution in [1.29, 1.82) is 0 Å². The Morgan fingerprint density at radius 3 is 2.77 bits per heavy atom. The van der Waals surface area contributed by atoms with Crippen molar-refractivity contribution in [2.45, 2.75) is 12.6 Å². The van der Waals surface area contributed by atoms with Gasteiger partial charge in [0.25, 0.3) is 5.91 Å². The molecule has 1 fully saturated rings. The molecule has 3 aromatic rings. The topological polar surface area (TPSA) is 71.5 Å². The molecule has 1 aliphatic rings. The van der Waals surface area contributed by atoms with Gasteiger partial charge in [0.1, 0.15) is 17.6 Å². The zero-order valence-electron chi connectivity index (χ0n) is 16.5. The van der Waals surface area contributed by atoms with Gasteiger partial charge in [0, 0.05) is 35.7 Å². The number of thioether (sulfide) groups is 1. The van der Waals surface area contributed by atoms with Crippen LogP contribution in [0.4, 0.5) is 4.39 Å². The molecule has 158 valence electrons. The maximum atomic E-state index is 13.4. The third kappa shape index (κ3) is 5.03. The number of rotatable bonds is 6. The Hall–Kier alpha value is -3.39. The fraction of sp³-hybridized carbons (Fsp3) is 0.174. The molecular weight excluding hydrogens is 417 g/mol. The Labute approximate surface area is 183 Å². The van der Waals surface area contributed by atoms with E-state index in [-0.39, 0.29) is 24.2 Å². The average Bonchev–Trinajstić information content (AvgIpc) is 3.28. The van der Waals surface area contributed by atoms with Crippen LogP contribution in [0.2, 0.25) is 0 Å². The molecule has 0 saturated carbocycles. The zero-order valence-corrected chi connectivity index (χ0v) is 17.3. The molecule has 0 spiro atoms. The van der Waals surface area contributed by atoms with Gasteiger partial charge in [-0.25, -0.2) is 9.37 Å². The van der Waals surface area contributed by atoms with Crippen molar-refractivity contribution in [3.05, 3.63) is 89.9 Å². The summed E-state index contributed by atoms with van der Waals surface area (Å²) in [6.07, 6.45) is 1.56. The highest BCUT2D eigenvalue weighted by Crippen LogP contribution is 2.25. The van der Waals surface area contributed by atoms with Gasteiger partial charge in [-0.2, -0.15) is 0 Å². The van der Waals surface area contributed by atoms with Crippen LogP contribution in [0.25, 0.3) is 0 Å². The summed E-state index contributed by atoms with van der Waals surface area (Å²) in [5.74, 6) is 0.781. The lowest BCUT2D eigenvalue weighted by Gasteiger charge is -2.23. The molecule has 8 heteroatoms. The zero-order chi connectivity index (χ0) is 21.6. The van der Waals surface area contributed by atoms with Gasteiger partial charge in [0.2, 0.25) is 11.8 Å². The molecule has 31 heavy (non-hydrogen) atoms. The van der Waals surface area contributed by atoms with E-state index in [1.165, 1.54) is 12.1 Å². The van der Waals surface area contributed by atoms with Crippen molar-refractivity contribution in [2.24, 2.45) is 0 Å². The molecule has 1 aliphatic heterocycles. The first-order chi connectivity index (χ1) is 15.1. The summed E-state index contributed by atoms with van der Waals surface area (Å²) in [4.78, 5) is 31.4. The van der Waals surface area contributed by atoms with Gasteiger partial charge >= 0.3 is 0 Å². The third-order valence-electron chi connectivity index (χ3n) is 4.78. The van der Waals surface area contributed by atoms with Crippen LogP contribution in [-0.2, 0) is 11.3 Å². The van der Waals surface area contributed by atoms with Gasteiger partial charge in [-0.3, -0.25) is 9.59 Å². The number of aromatic nitrogens is 1. The first-order valence-electron chi connectivity index (χ1n) is 9.70. The van der Waals surface area contributed by atoms with Crippen LogP contribution in [0, 0.1) is 5.82 Å². The Kier molecular flexibility index (Phi) is 6.47. The monoisotopic (exact) mass is 437 g/mol. The lowest BCUT2D eigenvalue weighted by Crippen LogP contribution is -2.47. The SMILES string of the molecule is O=C(NCc1cccnc1Oc1cccc(F)c1)[C@H]1CSCN1C(=O)c1ccccc1. The van der Waals surface area contributed by atoms with Crippen LogP contribution in [0.3, 0.4) is 0 Å². The number of halogens is 1. The third-order valence-corrected chi connectivity index (χ3v) is 5.79. The van der Waals surface area contributed by atoms with Crippen LogP contribution in [0.15, 0.2) is 72.9 Å². The number of amides is 2. The van der Waals surface area contributed by atoms with Crippen molar-refractivity contribution in [3.63, 3.8) is 0 Å². The summed E-state index contributed by atoms with van der Waals surface area (Å²) in [5, 5.41) is 2.87. The molecule has 1 atom stereocenters. The second-order valence-electron chi connectivity index (χ2n) is 6.90. The maximum absolute atomic E-state index is 13.4. The average molecular weight is 437 g/mol. The van der Waals surface area contributed by atoms with E-state index in [9.17, 15) is 14.0 Å². The van der Waals surface area contributed by atoms with Crippen molar-refractivity contribution in [1.82, 2.24) is 15.2 Å². The summed E-state index contributed by atoms with van der Waals surface area (Å²) in [6, 6.07) is 17.6. The van der Waals surface area contributed by atoms with Gasteiger partial charge in [-0.15, -0.1) is 11.8 Å². The standard InChI is InChI=1S/C23H20FN3O3S/c24-18-9-4-10-19(12-18)30-22-17(8-5-11-25-22)13-26-21(28)20-14-31-15-27(20)23(29)16-6-2-1-3-7-16/h1-12,20H,13-15H2,(H,26,28)/t20-/m1/s1. The number of hydrogen-bond donors (Lipinski definition) is 1. The summed E-state index contributed by atoms with van der Waals surface area (Å²) in [5.41, 5.74) is 1.20. The molecule has 2 amide bonds. The van der Waals surface area contributed by atoms with Crippen LogP contribution in [0.5, 0.6) is 11.6 Å². The molecular formula is C23H20FN3O3S. The highest BCUT2D eigenvalue weighted by Gasteiger charge is 2.35. The molecule has 1 N–H and O–H groups in total. The Morgan fingerprint density at radius 2 is 1.97 bits per heavy atom. The number of benzene rings is 2. The van der Waals surface area contributed by atoms with Gasteiger partial charge in [0.15, 0.2) is 0 Å². The molecule has 0 bridgehead atoms. The minimum Gasteiger partial charge on any atom is -0.439 e. The highest BCUT2D eigenvalue weighted by molar-refractivity contribution is 7.99. The normalized spacial score (nSPS) is 15.5. The fourth-order valence-corrected chi connectivity index (χ4v) is 4.35. The number of carbonyl (C=O) groups is 2. The summed E-state index contributed by atoms with van der Waals surface area (Å²) in [6.45, 7) is 0.172. The summed E-state index contributed by atoms with van der Waals surface area (Å²) < 4.78 is 19.1. The number of hydrogen-bond acceptors (Lipinski definition) is 5. The Morgan fingerprint density at radius 1 is 1.13 bits per heavy atom. The summed E-state index contributed by atoms with van der Waals surface area (Å²) >= 11 is 1.54. The molecule has 1 saturated heterocycles. The summed E-state index contributed by atoms with van der Waals surface area (Å²) in [7, 11) is 0. The van der Waals surface area contributed by atoms with Crippen molar-refractivity contribution < 1.29 is 18.7 Å². The van der Waals surface area contributed by atoms with Crippen molar-refractivity contribution >= 4 is 23.6 Å². The van der Waals surface area contributed by atoms with Crippen molar-refractivity contribution in [3.8, 4) is 11.6 Å². The Bertz CT molecular complexity index is 1080. The van der Waals surface area contributed by atoms with Gasteiger partial charge in [0.05, 0.1) is 5.88 Å². The van der Waals surface area contributed by atoms with E-state index in [0.29, 0.717) is 28.5 Å².